The fraction of sp³-hybridized carbons (Fsp3) is 0.643. The molecule has 1 rings (SSSR count). The van der Waals surface area contributed by atoms with Crippen molar-refractivity contribution >= 4 is 17.5 Å². The molecule has 0 saturated carbocycles. The molecule has 0 bridgehead atoms. The molecule has 106 valence electrons. The molecule has 0 fully saturated rings. The maximum Gasteiger partial charge on any atom is 0.253 e. The highest BCUT2D eigenvalue weighted by Crippen LogP contribution is 2.09. The van der Waals surface area contributed by atoms with Crippen LogP contribution in [0.2, 0.25) is 0 Å². The first kappa shape index (κ1) is 15.9. The SMILES string of the molecule is CCc1nnc(C)cc1C(=O)NCCCC(C)CCl. The van der Waals surface area contributed by atoms with Crippen LogP contribution in [0.5, 0.6) is 0 Å². The molecule has 0 aliphatic heterocycles. The van der Waals surface area contributed by atoms with E-state index in [-0.39, 0.29) is 5.91 Å². The molecule has 4 nitrogen and oxygen atoms in total. The molecule has 1 aromatic heterocycles. The number of carbonyl (C=O) groups excluding carboxylic acids is 1. The minimum absolute atomic E-state index is 0.0617. The lowest BCUT2D eigenvalue weighted by molar-refractivity contribution is 0.0951. The summed E-state index contributed by atoms with van der Waals surface area (Å²) < 4.78 is 0. The van der Waals surface area contributed by atoms with Gasteiger partial charge in [-0.3, -0.25) is 4.79 Å². The lowest BCUT2D eigenvalue weighted by atomic mass is 10.1. The van der Waals surface area contributed by atoms with Gasteiger partial charge in [0.05, 0.1) is 17.0 Å². The first-order valence-corrected chi connectivity index (χ1v) is 7.29. The zero-order valence-corrected chi connectivity index (χ0v) is 12.6. The van der Waals surface area contributed by atoms with E-state index in [9.17, 15) is 4.79 Å². The Morgan fingerprint density at radius 1 is 1.47 bits per heavy atom. The average Bonchev–Trinajstić information content (AvgIpc) is 2.42. The highest BCUT2D eigenvalue weighted by molar-refractivity contribution is 6.18. The van der Waals surface area contributed by atoms with E-state index in [4.69, 9.17) is 11.6 Å². The fourth-order valence-corrected chi connectivity index (χ4v) is 1.95. The molecule has 19 heavy (non-hydrogen) atoms. The minimum Gasteiger partial charge on any atom is -0.352 e. The van der Waals surface area contributed by atoms with E-state index in [1.54, 1.807) is 6.07 Å². The third kappa shape index (κ3) is 5.15. The number of hydrogen-bond acceptors (Lipinski definition) is 3. The predicted octanol–water partition coefficient (Wildman–Crippen LogP) is 2.73. The Hall–Kier alpha value is -1.16. The number of halogens is 1. The van der Waals surface area contributed by atoms with Gasteiger partial charge in [0.25, 0.3) is 5.91 Å². The van der Waals surface area contributed by atoms with Gasteiger partial charge >= 0.3 is 0 Å². The number of carbonyl (C=O) groups is 1. The van der Waals surface area contributed by atoms with Gasteiger partial charge in [-0.2, -0.15) is 10.2 Å². The van der Waals surface area contributed by atoms with Gasteiger partial charge in [0.1, 0.15) is 0 Å². The summed E-state index contributed by atoms with van der Waals surface area (Å²) in [5.74, 6) is 1.10. The van der Waals surface area contributed by atoms with E-state index < -0.39 is 0 Å². The van der Waals surface area contributed by atoms with E-state index in [1.807, 2.05) is 13.8 Å². The number of nitrogens with zero attached hydrogens (tertiary/aromatic N) is 2. The molecule has 1 N–H and O–H groups in total. The molecular formula is C14H22ClN3O. The zero-order chi connectivity index (χ0) is 14.3. The molecule has 0 spiro atoms. The van der Waals surface area contributed by atoms with Crippen LogP contribution in [0.25, 0.3) is 0 Å². The monoisotopic (exact) mass is 283 g/mol. The highest BCUT2D eigenvalue weighted by Gasteiger charge is 2.12. The third-order valence-corrected chi connectivity index (χ3v) is 3.52. The van der Waals surface area contributed by atoms with E-state index in [0.29, 0.717) is 30.3 Å². The van der Waals surface area contributed by atoms with Crippen LogP contribution >= 0.6 is 11.6 Å². The molecule has 0 aromatic carbocycles. The Kier molecular flexibility index (Phi) is 6.78. The normalized spacial score (nSPS) is 12.2. The van der Waals surface area contributed by atoms with Gasteiger partial charge in [-0.1, -0.05) is 13.8 Å². The number of rotatable bonds is 7. The molecular weight excluding hydrogens is 262 g/mol. The van der Waals surface area contributed by atoms with Gasteiger partial charge in [-0.25, -0.2) is 0 Å². The molecule has 0 radical (unpaired) electrons. The largest absolute Gasteiger partial charge is 0.352 e. The van der Waals surface area contributed by atoms with Crippen LogP contribution in [-0.2, 0) is 6.42 Å². The number of alkyl halides is 1. The summed E-state index contributed by atoms with van der Waals surface area (Å²) in [6.07, 6.45) is 2.68. The van der Waals surface area contributed by atoms with Crippen molar-refractivity contribution in [1.82, 2.24) is 15.5 Å². The Morgan fingerprint density at radius 2 is 2.21 bits per heavy atom. The number of nitrogens with one attached hydrogen (secondary N) is 1. The first-order valence-electron chi connectivity index (χ1n) is 6.75. The smallest absolute Gasteiger partial charge is 0.253 e. The minimum atomic E-state index is -0.0617. The Labute approximate surface area is 120 Å². The summed E-state index contributed by atoms with van der Waals surface area (Å²) in [5, 5.41) is 11.0. The summed E-state index contributed by atoms with van der Waals surface area (Å²) in [6.45, 7) is 6.59. The second kappa shape index (κ2) is 8.10. The van der Waals surface area contributed by atoms with Crippen molar-refractivity contribution in [2.75, 3.05) is 12.4 Å². The molecule has 0 aliphatic carbocycles. The molecule has 0 aliphatic rings. The van der Waals surface area contributed by atoms with Crippen molar-refractivity contribution in [3.05, 3.63) is 23.0 Å². The Morgan fingerprint density at radius 3 is 2.84 bits per heavy atom. The fourth-order valence-electron chi connectivity index (χ4n) is 1.80. The molecule has 1 unspecified atom stereocenters. The van der Waals surface area contributed by atoms with Crippen molar-refractivity contribution in [3.8, 4) is 0 Å². The van der Waals surface area contributed by atoms with Crippen LogP contribution < -0.4 is 5.32 Å². The van der Waals surface area contributed by atoms with E-state index in [0.717, 1.165) is 24.2 Å². The van der Waals surface area contributed by atoms with Gasteiger partial charge in [-0.05, 0) is 38.2 Å². The summed E-state index contributed by atoms with van der Waals surface area (Å²) >= 11 is 5.74. The predicted molar refractivity (Wildman–Crippen MR) is 77.6 cm³/mol. The van der Waals surface area contributed by atoms with E-state index in [2.05, 4.69) is 22.4 Å². The van der Waals surface area contributed by atoms with Gasteiger partial charge in [0.15, 0.2) is 0 Å². The first-order chi connectivity index (χ1) is 9.08. The molecule has 0 saturated heterocycles. The summed E-state index contributed by atoms with van der Waals surface area (Å²) in [4.78, 5) is 12.1. The Bertz CT molecular complexity index is 423. The van der Waals surface area contributed by atoms with Crippen LogP contribution in [0.1, 0.15) is 48.4 Å². The topological polar surface area (TPSA) is 54.9 Å². The van der Waals surface area contributed by atoms with Crippen molar-refractivity contribution < 1.29 is 4.79 Å². The van der Waals surface area contributed by atoms with Gasteiger partial charge in [0, 0.05) is 12.4 Å². The Balaban J connectivity index is 2.51. The maximum atomic E-state index is 12.1. The summed E-state index contributed by atoms with van der Waals surface area (Å²) in [7, 11) is 0. The summed E-state index contributed by atoms with van der Waals surface area (Å²) in [6, 6.07) is 1.79. The second-order valence-corrected chi connectivity index (χ2v) is 5.17. The zero-order valence-electron chi connectivity index (χ0n) is 11.9. The van der Waals surface area contributed by atoms with Crippen LogP contribution in [0.3, 0.4) is 0 Å². The van der Waals surface area contributed by atoms with Crippen molar-refractivity contribution in [2.45, 2.75) is 40.0 Å². The highest BCUT2D eigenvalue weighted by atomic mass is 35.5. The molecule has 1 heterocycles. The van der Waals surface area contributed by atoms with Crippen molar-refractivity contribution in [1.29, 1.82) is 0 Å². The lowest BCUT2D eigenvalue weighted by Gasteiger charge is -2.10. The van der Waals surface area contributed by atoms with E-state index in [1.165, 1.54) is 0 Å². The number of hydrogen-bond donors (Lipinski definition) is 1. The molecule has 1 amide bonds. The standard InChI is InChI=1S/C14H22ClN3O/c1-4-13-12(8-11(3)17-18-13)14(19)16-7-5-6-10(2)9-15/h8,10H,4-7,9H2,1-3H3,(H,16,19). The average molecular weight is 284 g/mol. The van der Waals surface area contributed by atoms with Gasteiger partial charge < -0.3 is 5.32 Å². The van der Waals surface area contributed by atoms with Gasteiger partial charge in [-0.15, -0.1) is 11.6 Å². The van der Waals surface area contributed by atoms with Crippen LogP contribution in [-0.4, -0.2) is 28.5 Å². The number of amides is 1. The molecule has 1 atom stereocenters. The van der Waals surface area contributed by atoms with Crippen LogP contribution in [0.15, 0.2) is 6.07 Å². The molecule has 5 heteroatoms. The van der Waals surface area contributed by atoms with Crippen LogP contribution in [0, 0.1) is 12.8 Å². The number of aryl methyl sites for hydroxylation is 2. The quantitative estimate of drug-likeness (QED) is 0.618. The maximum absolute atomic E-state index is 12.1. The lowest BCUT2D eigenvalue weighted by Crippen LogP contribution is -2.26. The van der Waals surface area contributed by atoms with E-state index >= 15 is 0 Å². The van der Waals surface area contributed by atoms with Gasteiger partial charge in [0.2, 0.25) is 0 Å². The molecule has 1 aromatic rings. The van der Waals surface area contributed by atoms with Crippen LogP contribution in [0.4, 0.5) is 0 Å². The van der Waals surface area contributed by atoms with Crippen molar-refractivity contribution in [3.63, 3.8) is 0 Å². The number of aromatic nitrogens is 2. The second-order valence-electron chi connectivity index (χ2n) is 4.86. The van der Waals surface area contributed by atoms with Crippen molar-refractivity contribution in [2.24, 2.45) is 5.92 Å². The summed E-state index contributed by atoms with van der Waals surface area (Å²) in [5.41, 5.74) is 2.15. The third-order valence-electron chi connectivity index (χ3n) is 2.99.